The summed E-state index contributed by atoms with van der Waals surface area (Å²) >= 11 is 0. The summed E-state index contributed by atoms with van der Waals surface area (Å²) in [6.07, 6.45) is -6.04. The molecule has 0 aliphatic heterocycles. The molecule has 10 nitrogen and oxygen atoms in total. The van der Waals surface area contributed by atoms with Gasteiger partial charge in [0.15, 0.2) is 5.78 Å². The minimum Gasteiger partial charge on any atom is -0.394 e. The molecule has 0 unspecified atom stereocenters. The van der Waals surface area contributed by atoms with Crippen LogP contribution in [0.2, 0.25) is 0 Å². The standard InChI is InChI=1S/C8H16NO9P/c1-3(11)6(13)5(9)7(14)8(4(12)2-10)18-19(15,16)17/h4-5,7-8,10,12,14H,2,9H2,1H3,(H2,15,16,17)/t4-,5+,7-,8-/m1/s1. The fourth-order valence-corrected chi connectivity index (χ4v) is 1.80. The van der Waals surface area contributed by atoms with Gasteiger partial charge in [-0.05, 0) is 0 Å². The summed E-state index contributed by atoms with van der Waals surface area (Å²) in [7, 11) is -5.12. The predicted molar refractivity (Wildman–Crippen MR) is 59.7 cm³/mol. The van der Waals surface area contributed by atoms with E-state index in [-0.39, 0.29) is 0 Å². The van der Waals surface area contributed by atoms with Gasteiger partial charge in [-0.15, -0.1) is 0 Å². The zero-order valence-corrected chi connectivity index (χ0v) is 10.8. The first-order valence-electron chi connectivity index (χ1n) is 5.02. The van der Waals surface area contributed by atoms with E-state index >= 15 is 0 Å². The van der Waals surface area contributed by atoms with Gasteiger partial charge in [0, 0.05) is 6.92 Å². The molecular weight excluding hydrogens is 285 g/mol. The molecule has 0 saturated heterocycles. The van der Waals surface area contributed by atoms with Crippen molar-refractivity contribution in [1.29, 1.82) is 0 Å². The SMILES string of the molecule is CC(=O)C(=O)[C@H](N)[C@@H](O)[C@H](OP(=O)(O)O)[C@H](O)CO. The highest BCUT2D eigenvalue weighted by Crippen LogP contribution is 2.39. The van der Waals surface area contributed by atoms with Gasteiger partial charge >= 0.3 is 7.82 Å². The van der Waals surface area contributed by atoms with E-state index in [1.165, 1.54) is 0 Å². The molecule has 0 radical (unpaired) electrons. The Hall–Kier alpha value is -0.710. The Balaban J connectivity index is 5.10. The first kappa shape index (κ1) is 18.3. The lowest BCUT2D eigenvalue weighted by Crippen LogP contribution is -2.54. The number of aliphatic hydroxyl groups is 3. The zero-order chi connectivity index (χ0) is 15.4. The molecule has 0 rings (SSSR count). The number of nitrogens with two attached hydrogens (primary N) is 1. The summed E-state index contributed by atoms with van der Waals surface area (Å²) in [6, 6.07) is -1.85. The summed E-state index contributed by atoms with van der Waals surface area (Å²) in [5, 5.41) is 27.6. The Kier molecular flexibility index (Phi) is 6.91. The summed E-state index contributed by atoms with van der Waals surface area (Å²) in [6.45, 7) is -0.126. The largest absolute Gasteiger partial charge is 0.470 e. The normalized spacial score (nSPS) is 18.5. The topological polar surface area (TPSA) is 188 Å². The molecule has 0 heterocycles. The first-order valence-corrected chi connectivity index (χ1v) is 6.55. The third kappa shape index (κ3) is 5.85. The summed E-state index contributed by atoms with van der Waals surface area (Å²) < 4.78 is 14.7. The maximum absolute atomic E-state index is 11.2. The Morgan fingerprint density at radius 3 is 2.11 bits per heavy atom. The van der Waals surface area contributed by atoms with Crippen molar-refractivity contribution in [2.45, 2.75) is 31.3 Å². The molecule has 112 valence electrons. The van der Waals surface area contributed by atoms with E-state index in [9.17, 15) is 24.4 Å². The number of Topliss-reactive ketones (excluding diaryl/α,β-unsaturated/α-hetero) is 2. The van der Waals surface area contributed by atoms with E-state index < -0.39 is 50.3 Å². The lowest BCUT2D eigenvalue weighted by Gasteiger charge is -2.29. The zero-order valence-electron chi connectivity index (χ0n) is 9.91. The molecule has 7 N–H and O–H groups in total. The highest BCUT2D eigenvalue weighted by atomic mass is 31.2. The van der Waals surface area contributed by atoms with E-state index in [1.807, 2.05) is 0 Å². The lowest BCUT2D eigenvalue weighted by atomic mass is 9.97. The van der Waals surface area contributed by atoms with Gasteiger partial charge in [0.25, 0.3) is 0 Å². The smallest absolute Gasteiger partial charge is 0.394 e. The quantitative estimate of drug-likeness (QED) is 0.195. The number of carbonyl (C=O) groups is 2. The van der Waals surface area contributed by atoms with Gasteiger partial charge in [-0.1, -0.05) is 0 Å². The molecule has 0 aromatic rings. The molecule has 4 atom stereocenters. The number of hydrogen-bond donors (Lipinski definition) is 6. The molecule has 0 aromatic heterocycles. The number of carbonyl (C=O) groups excluding carboxylic acids is 2. The van der Waals surface area contributed by atoms with Crippen LogP contribution >= 0.6 is 7.82 Å². The van der Waals surface area contributed by atoms with Crippen molar-refractivity contribution >= 4 is 19.4 Å². The van der Waals surface area contributed by atoms with E-state index in [0.717, 1.165) is 6.92 Å². The van der Waals surface area contributed by atoms with Crippen LogP contribution in [0.3, 0.4) is 0 Å². The highest BCUT2D eigenvalue weighted by molar-refractivity contribution is 7.46. The van der Waals surface area contributed by atoms with Crippen molar-refractivity contribution in [2.75, 3.05) is 6.61 Å². The van der Waals surface area contributed by atoms with Crippen LogP contribution in [0.1, 0.15) is 6.92 Å². The maximum atomic E-state index is 11.2. The fourth-order valence-electron chi connectivity index (χ4n) is 1.22. The van der Waals surface area contributed by atoms with Gasteiger partial charge in [0.2, 0.25) is 5.78 Å². The van der Waals surface area contributed by atoms with Crippen molar-refractivity contribution in [3.8, 4) is 0 Å². The Morgan fingerprint density at radius 1 is 1.32 bits per heavy atom. The van der Waals surface area contributed by atoms with Crippen LogP contribution in [-0.2, 0) is 18.7 Å². The maximum Gasteiger partial charge on any atom is 0.470 e. The Labute approximate surface area is 108 Å². The number of hydrogen-bond acceptors (Lipinski definition) is 8. The highest BCUT2D eigenvalue weighted by Gasteiger charge is 2.39. The second-order valence-corrected chi connectivity index (χ2v) is 4.94. The fraction of sp³-hybridized carbons (Fsp3) is 0.750. The monoisotopic (exact) mass is 301 g/mol. The minimum atomic E-state index is -5.12. The van der Waals surface area contributed by atoms with Crippen LogP contribution in [0, 0.1) is 0 Å². The van der Waals surface area contributed by atoms with Crippen molar-refractivity contribution in [3.63, 3.8) is 0 Å². The molecule has 0 aliphatic rings. The van der Waals surface area contributed by atoms with Crippen LogP contribution < -0.4 is 5.73 Å². The predicted octanol–water partition coefficient (Wildman–Crippen LogP) is -3.34. The van der Waals surface area contributed by atoms with Gasteiger partial charge in [0.1, 0.15) is 24.4 Å². The molecule has 0 aromatic carbocycles. The van der Waals surface area contributed by atoms with Crippen molar-refractivity contribution < 1.29 is 43.8 Å². The van der Waals surface area contributed by atoms with Gasteiger partial charge in [-0.2, -0.15) is 0 Å². The second-order valence-electron chi connectivity index (χ2n) is 3.75. The van der Waals surface area contributed by atoms with Crippen molar-refractivity contribution in [1.82, 2.24) is 0 Å². The van der Waals surface area contributed by atoms with Crippen LogP contribution in [0.15, 0.2) is 0 Å². The number of phosphoric acid groups is 1. The Morgan fingerprint density at radius 2 is 1.79 bits per heavy atom. The van der Waals surface area contributed by atoms with Crippen LogP contribution in [0.25, 0.3) is 0 Å². The van der Waals surface area contributed by atoms with Crippen molar-refractivity contribution in [2.24, 2.45) is 5.73 Å². The summed E-state index contributed by atoms with van der Waals surface area (Å²) in [5.41, 5.74) is 5.23. The molecule has 0 fully saturated rings. The molecular formula is C8H16NO9P. The first-order chi connectivity index (χ1) is 8.51. The van der Waals surface area contributed by atoms with Crippen LogP contribution in [0.4, 0.5) is 0 Å². The number of phosphoric ester groups is 1. The van der Waals surface area contributed by atoms with E-state index in [2.05, 4.69) is 4.52 Å². The molecule has 0 bridgehead atoms. The number of rotatable bonds is 8. The average molecular weight is 301 g/mol. The molecule has 0 spiro atoms. The lowest BCUT2D eigenvalue weighted by molar-refractivity contribution is -0.140. The average Bonchev–Trinajstić information content (AvgIpc) is 2.30. The molecule has 0 amide bonds. The molecule has 0 saturated carbocycles. The summed E-state index contributed by atoms with van der Waals surface area (Å²) in [4.78, 5) is 39.2. The second kappa shape index (κ2) is 7.17. The summed E-state index contributed by atoms with van der Waals surface area (Å²) in [5.74, 6) is -2.20. The number of aliphatic hydroxyl groups excluding tert-OH is 3. The van der Waals surface area contributed by atoms with Crippen molar-refractivity contribution in [3.05, 3.63) is 0 Å². The third-order valence-electron chi connectivity index (χ3n) is 2.18. The van der Waals surface area contributed by atoms with Crippen LogP contribution in [-0.4, -0.2) is 67.6 Å². The van der Waals surface area contributed by atoms with Gasteiger partial charge in [-0.25, -0.2) is 4.57 Å². The van der Waals surface area contributed by atoms with Gasteiger partial charge in [-0.3, -0.25) is 14.1 Å². The van der Waals surface area contributed by atoms with E-state index in [4.69, 9.17) is 20.6 Å². The van der Waals surface area contributed by atoms with Gasteiger partial charge in [0.05, 0.1) is 6.61 Å². The minimum absolute atomic E-state index is 0.885. The third-order valence-corrected chi connectivity index (χ3v) is 2.70. The number of ketones is 2. The van der Waals surface area contributed by atoms with Gasteiger partial charge < -0.3 is 30.8 Å². The van der Waals surface area contributed by atoms with E-state index in [0.29, 0.717) is 0 Å². The Bertz CT molecular complexity index is 380. The molecule has 19 heavy (non-hydrogen) atoms. The molecule has 0 aliphatic carbocycles. The van der Waals surface area contributed by atoms with E-state index in [1.54, 1.807) is 0 Å². The molecule has 11 heteroatoms. The van der Waals surface area contributed by atoms with Crippen LogP contribution in [0.5, 0.6) is 0 Å².